The molecule has 0 saturated carbocycles. The molecule has 1 heterocycles. The van der Waals surface area contributed by atoms with Crippen molar-refractivity contribution in [3.63, 3.8) is 0 Å². The number of hydrogen-bond acceptors (Lipinski definition) is 4. The summed E-state index contributed by atoms with van der Waals surface area (Å²) in [5.74, 6) is -2.71. The standard InChI is InChI=1S/C25H25F2NO4/c1-31-23-8-7-19(26)15-21(23)18-9-11-25(27,12-10-18)32-16-17-4-2-5-20(14-17)28-13-3-6-22(28)24(29)30/h2,4-5,7-11,14-15,22H,3,6,12-13,16H2,1H3,(H,29,30)/t22-,25?/m0/s1. The van der Waals surface area contributed by atoms with Crippen molar-refractivity contribution in [3.8, 4) is 5.75 Å². The summed E-state index contributed by atoms with van der Waals surface area (Å²) in [6.07, 6.45) is 5.97. The highest BCUT2D eigenvalue weighted by molar-refractivity contribution is 5.79. The number of halogens is 2. The molecule has 1 unspecified atom stereocenters. The molecule has 1 saturated heterocycles. The van der Waals surface area contributed by atoms with Crippen molar-refractivity contribution < 1.29 is 28.2 Å². The lowest BCUT2D eigenvalue weighted by molar-refractivity contribution is -0.138. The van der Waals surface area contributed by atoms with Gasteiger partial charge in [0.05, 0.1) is 13.7 Å². The van der Waals surface area contributed by atoms with E-state index in [0.717, 1.165) is 17.7 Å². The number of rotatable bonds is 7. The highest BCUT2D eigenvalue weighted by Gasteiger charge is 2.32. The summed E-state index contributed by atoms with van der Waals surface area (Å²) in [7, 11) is 1.50. The Balaban J connectivity index is 1.43. The van der Waals surface area contributed by atoms with Gasteiger partial charge in [0, 0.05) is 24.2 Å². The van der Waals surface area contributed by atoms with Crippen molar-refractivity contribution in [2.24, 2.45) is 0 Å². The monoisotopic (exact) mass is 441 g/mol. The summed E-state index contributed by atoms with van der Waals surface area (Å²) in [6.45, 7) is 0.709. The molecule has 1 N–H and O–H groups in total. The topological polar surface area (TPSA) is 59.0 Å². The van der Waals surface area contributed by atoms with Crippen molar-refractivity contribution in [2.75, 3.05) is 18.6 Å². The minimum absolute atomic E-state index is 0.0224. The number of aliphatic carboxylic acids is 1. The van der Waals surface area contributed by atoms with Crippen LogP contribution in [0.15, 0.2) is 60.7 Å². The fourth-order valence-electron chi connectivity index (χ4n) is 4.17. The van der Waals surface area contributed by atoms with Gasteiger partial charge in [0.1, 0.15) is 17.6 Å². The lowest BCUT2D eigenvalue weighted by atomic mass is 9.96. The highest BCUT2D eigenvalue weighted by Crippen LogP contribution is 2.35. The van der Waals surface area contributed by atoms with Gasteiger partial charge in [-0.1, -0.05) is 24.3 Å². The Bertz CT molecular complexity index is 1070. The molecule has 4 rings (SSSR count). The van der Waals surface area contributed by atoms with Gasteiger partial charge in [-0.15, -0.1) is 0 Å². The highest BCUT2D eigenvalue weighted by atomic mass is 19.2. The van der Waals surface area contributed by atoms with E-state index in [1.807, 2.05) is 29.2 Å². The van der Waals surface area contributed by atoms with E-state index in [9.17, 15) is 14.3 Å². The number of benzene rings is 2. The molecular weight excluding hydrogens is 416 g/mol. The molecule has 2 atom stereocenters. The lowest BCUT2D eigenvalue weighted by Gasteiger charge is -2.26. The fourth-order valence-corrected chi connectivity index (χ4v) is 4.17. The number of methoxy groups -OCH3 is 1. The Hall–Kier alpha value is -3.19. The molecule has 32 heavy (non-hydrogen) atoms. The zero-order chi connectivity index (χ0) is 22.7. The number of allylic oxidation sites excluding steroid dienone is 2. The zero-order valence-electron chi connectivity index (χ0n) is 17.8. The van der Waals surface area contributed by atoms with Crippen molar-refractivity contribution >= 4 is 17.2 Å². The molecule has 1 fully saturated rings. The summed E-state index contributed by atoms with van der Waals surface area (Å²) < 4.78 is 39.8. The molecule has 5 nitrogen and oxygen atoms in total. The predicted molar refractivity (Wildman–Crippen MR) is 118 cm³/mol. The van der Waals surface area contributed by atoms with Gasteiger partial charge in [-0.3, -0.25) is 0 Å². The first-order valence-electron chi connectivity index (χ1n) is 10.5. The summed E-state index contributed by atoms with van der Waals surface area (Å²) >= 11 is 0. The summed E-state index contributed by atoms with van der Waals surface area (Å²) in [5.41, 5.74) is 2.76. The predicted octanol–water partition coefficient (Wildman–Crippen LogP) is 5.11. The second-order valence-corrected chi connectivity index (χ2v) is 7.98. The minimum atomic E-state index is -1.99. The zero-order valence-corrected chi connectivity index (χ0v) is 17.8. The summed E-state index contributed by atoms with van der Waals surface area (Å²) in [6, 6.07) is 11.0. The third-order valence-corrected chi connectivity index (χ3v) is 5.84. The number of carboxylic acids is 1. The van der Waals surface area contributed by atoms with E-state index in [2.05, 4.69) is 0 Å². The Morgan fingerprint density at radius 3 is 2.84 bits per heavy atom. The molecular formula is C25H25F2NO4. The smallest absolute Gasteiger partial charge is 0.326 e. The van der Waals surface area contributed by atoms with E-state index in [1.165, 1.54) is 31.4 Å². The molecule has 1 aliphatic carbocycles. The summed E-state index contributed by atoms with van der Waals surface area (Å²) in [5, 5.41) is 9.42. The van der Waals surface area contributed by atoms with Crippen LogP contribution in [0.4, 0.5) is 14.5 Å². The van der Waals surface area contributed by atoms with Gasteiger partial charge >= 0.3 is 5.97 Å². The number of carboxylic acid groups (broad SMARTS) is 1. The van der Waals surface area contributed by atoms with Gasteiger partial charge in [-0.2, -0.15) is 0 Å². The van der Waals surface area contributed by atoms with E-state index in [-0.39, 0.29) is 13.0 Å². The molecule has 7 heteroatoms. The molecule has 2 aliphatic rings. The van der Waals surface area contributed by atoms with Crippen LogP contribution in [-0.2, 0) is 16.1 Å². The van der Waals surface area contributed by atoms with Crippen molar-refractivity contribution in [1.82, 2.24) is 0 Å². The van der Waals surface area contributed by atoms with Crippen LogP contribution in [0.25, 0.3) is 5.57 Å². The van der Waals surface area contributed by atoms with Gasteiger partial charge in [0.25, 0.3) is 0 Å². The molecule has 1 aliphatic heterocycles. The third-order valence-electron chi connectivity index (χ3n) is 5.84. The lowest BCUT2D eigenvalue weighted by Crippen LogP contribution is -2.35. The number of ether oxygens (including phenoxy) is 2. The van der Waals surface area contributed by atoms with Crippen LogP contribution >= 0.6 is 0 Å². The SMILES string of the molecule is COc1ccc(F)cc1C1=CCC(F)(OCc2cccc(N3CCC[C@H]3C(=O)O)c2)C=C1. The molecule has 0 spiro atoms. The first-order chi connectivity index (χ1) is 15.4. The van der Waals surface area contributed by atoms with Crippen LogP contribution in [0.2, 0.25) is 0 Å². The van der Waals surface area contributed by atoms with E-state index >= 15 is 4.39 Å². The first-order valence-corrected chi connectivity index (χ1v) is 10.5. The van der Waals surface area contributed by atoms with Gasteiger partial charge < -0.3 is 19.5 Å². The summed E-state index contributed by atoms with van der Waals surface area (Å²) in [4.78, 5) is 13.3. The Morgan fingerprint density at radius 1 is 1.28 bits per heavy atom. The van der Waals surface area contributed by atoms with E-state index < -0.39 is 23.7 Å². The average Bonchev–Trinajstić information content (AvgIpc) is 3.29. The number of alkyl halides is 1. The second kappa shape index (κ2) is 9.12. The number of anilines is 1. The maximum atomic E-state index is 15.2. The van der Waals surface area contributed by atoms with Crippen LogP contribution in [0.3, 0.4) is 0 Å². The van der Waals surface area contributed by atoms with Crippen molar-refractivity contribution in [1.29, 1.82) is 0 Å². The molecule has 2 aromatic carbocycles. The maximum absolute atomic E-state index is 15.2. The molecule has 0 amide bonds. The quantitative estimate of drug-likeness (QED) is 0.647. The molecule has 0 aromatic heterocycles. The Morgan fingerprint density at radius 2 is 2.12 bits per heavy atom. The van der Waals surface area contributed by atoms with Crippen LogP contribution < -0.4 is 9.64 Å². The van der Waals surface area contributed by atoms with Gasteiger partial charge in [0.15, 0.2) is 0 Å². The van der Waals surface area contributed by atoms with Crippen LogP contribution in [0.5, 0.6) is 5.75 Å². The third kappa shape index (κ3) is 4.67. The van der Waals surface area contributed by atoms with Crippen molar-refractivity contribution in [3.05, 3.63) is 77.6 Å². The second-order valence-electron chi connectivity index (χ2n) is 7.98. The van der Waals surface area contributed by atoms with Crippen molar-refractivity contribution in [2.45, 2.75) is 37.8 Å². The normalized spacial score (nSPS) is 22.7. The maximum Gasteiger partial charge on any atom is 0.326 e. The van der Waals surface area contributed by atoms with Crippen LogP contribution in [0.1, 0.15) is 30.4 Å². The molecule has 0 radical (unpaired) electrons. The largest absolute Gasteiger partial charge is 0.496 e. The van der Waals surface area contributed by atoms with E-state index in [1.54, 1.807) is 12.2 Å². The number of nitrogens with zero attached hydrogens (tertiary/aromatic N) is 1. The van der Waals surface area contributed by atoms with Gasteiger partial charge in [-0.05, 0) is 60.4 Å². The fraction of sp³-hybridized carbons (Fsp3) is 0.320. The van der Waals surface area contributed by atoms with Crippen LogP contribution in [0, 0.1) is 5.82 Å². The Kier molecular flexibility index (Phi) is 6.28. The van der Waals surface area contributed by atoms with E-state index in [0.29, 0.717) is 29.9 Å². The number of hydrogen-bond donors (Lipinski definition) is 1. The van der Waals surface area contributed by atoms with Gasteiger partial charge in [-0.25, -0.2) is 13.6 Å². The molecule has 168 valence electrons. The van der Waals surface area contributed by atoms with Gasteiger partial charge in [0.2, 0.25) is 5.85 Å². The average molecular weight is 441 g/mol. The Labute approximate surface area is 185 Å². The first kappa shape index (κ1) is 22.0. The molecule has 0 bridgehead atoms. The number of carbonyl (C=O) groups is 1. The van der Waals surface area contributed by atoms with Crippen LogP contribution in [-0.4, -0.2) is 36.6 Å². The minimum Gasteiger partial charge on any atom is -0.496 e. The molecule has 2 aromatic rings. The van der Waals surface area contributed by atoms with E-state index in [4.69, 9.17) is 9.47 Å².